The van der Waals surface area contributed by atoms with Crippen LogP contribution in [0.4, 0.5) is 5.69 Å². The zero-order valence-corrected chi connectivity index (χ0v) is 18.8. The van der Waals surface area contributed by atoms with Crippen molar-refractivity contribution in [1.29, 1.82) is 0 Å². The van der Waals surface area contributed by atoms with Crippen LogP contribution in [0.3, 0.4) is 0 Å². The van der Waals surface area contributed by atoms with E-state index in [-0.39, 0.29) is 29.9 Å². The van der Waals surface area contributed by atoms with E-state index in [1.54, 1.807) is 0 Å². The molecule has 0 atom stereocenters. The van der Waals surface area contributed by atoms with Gasteiger partial charge in [-0.2, -0.15) is 0 Å². The number of hydrogen-bond acceptors (Lipinski definition) is 3. The number of halogens is 1. The van der Waals surface area contributed by atoms with E-state index < -0.39 is 0 Å². The van der Waals surface area contributed by atoms with Crippen LogP contribution < -0.4 is 21.1 Å². The van der Waals surface area contributed by atoms with Gasteiger partial charge in [0.25, 0.3) is 0 Å². The summed E-state index contributed by atoms with van der Waals surface area (Å²) in [5.74, 6) is 2.46. The number of anilines is 1. The molecular weight excluding hydrogens is 479 g/mol. The van der Waals surface area contributed by atoms with Crippen LogP contribution in [0.2, 0.25) is 0 Å². The number of ether oxygens (including phenoxy) is 1. The van der Waals surface area contributed by atoms with Gasteiger partial charge in [0.1, 0.15) is 11.5 Å². The number of benzene rings is 2. The number of amides is 1. The van der Waals surface area contributed by atoms with Crippen LogP contribution >= 0.6 is 24.0 Å². The van der Waals surface area contributed by atoms with Crippen LogP contribution in [0.1, 0.15) is 32.1 Å². The molecular formula is C22H29IN4O2. The van der Waals surface area contributed by atoms with Gasteiger partial charge in [-0.05, 0) is 43.0 Å². The molecule has 0 unspecified atom stereocenters. The van der Waals surface area contributed by atoms with Gasteiger partial charge in [0, 0.05) is 24.7 Å². The number of hydrogen-bond donors (Lipinski definition) is 3. The van der Waals surface area contributed by atoms with Crippen LogP contribution in [-0.4, -0.2) is 25.0 Å². The molecule has 156 valence electrons. The summed E-state index contributed by atoms with van der Waals surface area (Å²) in [4.78, 5) is 16.2. The molecule has 1 aliphatic rings. The van der Waals surface area contributed by atoms with Crippen molar-refractivity contribution in [1.82, 2.24) is 5.32 Å². The molecule has 0 saturated heterocycles. The Morgan fingerprint density at radius 2 is 1.79 bits per heavy atom. The highest BCUT2D eigenvalue weighted by atomic mass is 127. The SMILES string of the molecule is I.NC(=NCCNC(=O)CC1CCCC1)Nc1cccc(Oc2ccccc2)c1. The van der Waals surface area contributed by atoms with Crippen molar-refractivity contribution in [2.24, 2.45) is 16.6 Å². The van der Waals surface area contributed by atoms with Gasteiger partial charge in [0.2, 0.25) is 5.91 Å². The topological polar surface area (TPSA) is 88.7 Å². The number of para-hydroxylation sites is 1. The van der Waals surface area contributed by atoms with Crippen LogP contribution in [-0.2, 0) is 4.79 Å². The average molecular weight is 508 g/mol. The predicted molar refractivity (Wildman–Crippen MR) is 128 cm³/mol. The Kier molecular flexibility index (Phi) is 9.76. The normalized spacial score (nSPS) is 14.1. The summed E-state index contributed by atoms with van der Waals surface area (Å²) in [5, 5.41) is 5.97. The first kappa shape index (κ1) is 23.0. The van der Waals surface area contributed by atoms with Crippen LogP contribution in [0, 0.1) is 5.92 Å². The Hall–Kier alpha value is -2.29. The molecule has 1 fully saturated rings. The van der Waals surface area contributed by atoms with Crippen molar-refractivity contribution in [3.63, 3.8) is 0 Å². The monoisotopic (exact) mass is 508 g/mol. The summed E-state index contributed by atoms with van der Waals surface area (Å²) in [6, 6.07) is 17.1. The molecule has 1 aliphatic carbocycles. The van der Waals surface area contributed by atoms with Crippen molar-refractivity contribution >= 4 is 41.5 Å². The van der Waals surface area contributed by atoms with Gasteiger partial charge < -0.3 is 21.1 Å². The molecule has 2 aromatic rings. The van der Waals surface area contributed by atoms with Crippen molar-refractivity contribution in [3.8, 4) is 11.5 Å². The van der Waals surface area contributed by atoms with E-state index in [1.807, 2.05) is 54.6 Å². The second kappa shape index (κ2) is 12.3. The number of rotatable bonds is 8. The smallest absolute Gasteiger partial charge is 0.220 e. The van der Waals surface area contributed by atoms with Gasteiger partial charge in [0.05, 0.1) is 6.54 Å². The first-order chi connectivity index (χ1) is 13.7. The van der Waals surface area contributed by atoms with E-state index in [0.717, 1.165) is 11.4 Å². The molecule has 1 amide bonds. The summed E-state index contributed by atoms with van der Waals surface area (Å²) >= 11 is 0. The lowest BCUT2D eigenvalue weighted by Gasteiger charge is -2.10. The lowest BCUT2D eigenvalue weighted by Crippen LogP contribution is -2.29. The summed E-state index contributed by atoms with van der Waals surface area (Å²) < 4.78 is 5.81. The number of carbonyl (C=O) groups excluding carboxylic acids is 1. The number of nitrogens with zero attached hydrogens (tertiary/aromatic N) is 1. The number of nitrogens with two attached hydrogens (primary N) is 1. The Morgan fingerprint density at radius 3 is 2.55 bits per heavy atom. The lowest BCUT2D eigenvalue weighted by atomic mass is 10.0. The Labute approximate surface area is 189 Å². The minimum absolute atomic E-state index is 0. The quantitative estimate of drug-likeness (QED) is 0.212. The van der Waals surface area contributed by atoms with Crippen LogP contribution in [0.25, 0.3) is 0 Å². The lowest BCUT2D eigenvalue weighted by molar-refractivity contribution is -0.121. The van der Waals surface area contributed by atoms with Crippen LogP contribution in [0.15, 0.2) is 59.6 Å². The van der Waals surface area contributed by atoms with E-state index in [0.29, 0.717) is 37.1 Å². The fourth-order valence-corrected chi connectivity index (χ4v) is 3.37. The molecule has 0 radical (unpaired) electrons. The molecule has 7 heteroatoms. The second-order valence-corrected chi connectivity index (χ2v) is 7.04. The Balaban J connectivity index is 0.00000300. The van der Waals surface area contributed by atoms with E-state index in [1.165, 1.54) is 25.7 Å². The largest absolute Gasteiger partial charge is 0.457 e. The number of guanidine groups is 1. The third-order valence-electron chi connectivity index (χ3n) is 4.75. The first-order valence-electron chi connectivity index (χ1n) is 9.85. The maximum atomic E-state index is 11.9. The molecule has 0 aromatic heterocycles. The van der Waals surface area contributed by atoms with Crippen molar-refractivity contribution in [3.05, 3.63) is 54.6 Å². The van der Waals surface area contributed by atoms with Gasteiger partial charge in [-0.15, -0.1) is 24.0 Å². The maximum Gasteiger partial charge on any atom is 0.220 e. The molecule has 4 N–H and O–H groups in total. The molecule has 0 bridgehead atoms. The summed E-state index contributed by atoms with van der Waals surface area (Å²) in [6.45, 7) is 0.931. The molecule has 0 spiro atoms. The zero-order valence-electron chi connectivity index (χ0n) is 16.5. The van der Waals surface area contributed by atoms with E-state index in [9.17, 15) is 4.79 Å². The van der Waals surface area contributed by atoms with Gasteiger partial charge >= 0.3 is 0 Å². The minimum atomic E-state index is 0. The molecule has 0 heterocycles. The molecule has 6 nitrogen and oxygen atoms in total. The Morgan fingerprint density at radius 1 is 1.07 bits per heavy atom. The third-order valence-corrected chi connectivity index (χ3v) is 4.75. The molecule has 29 heavy (non-hydrogen) atoms. The highest BCUT2D eigenvalue weighted by molar-refractivity contribution is 14.0. The molecule has 1 saturated carbocycles. The van der Waals surface area contributed by atoms with Crippen molar-refractivity contribution in [2.75, 3.05) is 18.4 Å². The molecule has 0 aliphatic heterocycles. The van der Waals surface area contributed by atoms with E-state index >= 15 is 0 Å². The Bertz CT molecular complexity index is 792. The zero-order chi connectivity index (χ0) is 19.6. The molecule has 3 rings (SSSR count). The van der Waals surface area contributed by atoms with Gasteiger partial charge in [-0.1, -0.05) is 37.1 Å². The number of carbonyl (C=O) groups is 1. The van der Waals surface area contributed by atoms with Gasteiger partial charge in [-0.3, -0.25) is 9.79 Å². The van der Waals surface area contributed by atoms with E-state index in [2.05, 4.69) is 15.6 Å². The van der Waals surface area contributed by atoms with Gasteiger partial charge in [0.15, 0.2) is 5.96 Å². The fraction of sp³-hybridized carbons (Fsp3) is 0.364. The fourth-order valence-electron chi connectivity index (χ4n) is 3.37. The first-order valence-corrected chi connectivity index (χ1v) is 9.85. The highest BCUT2D eigenvalue weighted by Crippen LogP contribution is 2.27. The predicted octanol–water partition coefficient (Wildman–Crippen LogP) is 4.52. The summed E-state index contributed by atoms with van der Waals surface area (Å²) in [5.41, 5.74) is 6.73. The summed E-state index contributed by atoms with van der Waals surface area (Å²) in [7, 11) is 0. The minimum Gasteiger partial charge on any atom is -0.457 e. The molecule has 2 aromatic carbocycles. The maximum absolute atomic E-state index is 11.9. The number of aliphatic imine (C=N–C) groups is 1. The van der Waals surface area contributed by atoms with Crippen LogP contribution in [0.5, 0.6) is 11.5 Å². The second-order valence-electron chi connectivity index (χ2n) is 7.04. The highest BCUT2D eigenvalue weighted by Gasteiger charge is 2.17. The number of nitrogens with one attached hydrogen (secondary N) is 2. The third kappa shape index (κ3) is 8.31. The van der Waals surface area contributed by atoms with E-state index in [4.69, 9.17) is 10.5 Å². The summed E-state index contributed by atoms with van der Waals surface area (Å²) in [6.07, 6.45) is 5.49. The average Bonchev–Trinajstić information content (AvgIpc) is 3.19. The van der Waals surface area contributed by atoms with Crippen molar-refractivity contribution in [2.45, 2.75) is 32.1 Å². The van der Waals surface area contributed by atoms with Crippen molar-refractivity contribution < 1.29 is 9.53 Å². The van der Waals surface area contributed by atoms with Gasteiger partial charge in [-0.25, -0.2) is 0 Å². The standard InChI is InChI=1S/C22H28N4O2.HI/c23-22(25-14-13-24-21(27)15-17-7-4-5-8-17)26-18-9-6-12-20(16-18)28-19-10-2-1-3-11-19;/h1-3,6,9-12,16-17H,4-5,7-8,13-15H2,(H,24,27)(H3,23,25,26);1H.